The van der Waals surface area contributed by atoms with Crippen molar-refractivity contribution in [2.24, 2.45) is 0 Å². The molecule has 2 rings (SSSR count). The Hall–Kier alpha value is -1.44. The molecule has 1 aliphatic heterocycles. The van der Waals surface area contributed by atoms with Gasteiger partial charge in [-0.1, -0.05) is 6.08 Å². The van der Waals surface area contributed by atoms with Crippen LogP contribution in [0.2, 0.25) is 0 Å². The van der Waals surface area contributed by atoms with Gasteiger partial charge < -0.3 is 9.15 Å². The molecule has 0 spiro atoms. The predicted octanol–water partition coefficient (Wildman–Crippen LogP) is 1.06. The lowest BCUT2D eigenvalue weighted by molar-refractivity contribution is 0.109. The van der Waals surface area contributed by atoms with Crippen LogP contribution in [-0.2, 0) is 14.8 Å². The van der Waals surface area contributed by atoms with Crippen molar-refractivity contribution in [3.8, 4) is 0 Å². The molecule has 2 heterocycles. The van der Waals surface area contributed by atoms with Crippen molar-refractivity contribution in [2.45, 2.75) is 11.5 Å². The highest BCUT2D eigenvalue weighted by Gasteiger charge is 2.28. The summed E-state index contributed by atoms with van der Waals surface area (Å²) in [6, 6.07) is 2.64. The van der Waals surface area contributed by atoms with Gasteiger partial charge in [0, 0.05) is 20.2 Å². The maximum atomic E-state index is 12.2. The molecule has 0 bridgehead atoms. The summed E-state index contributed by atoms with van der Waals surface area (Å²) in [7, 11) is -2.06. The summed E-state index contributed by atoms with van der Waals surface area (Å²) in [6.07, 6.45) is 2.95. The third-order valence-electron chi connectivity index (χ3n) is 2.91. The molecule has 19 heavy (non-hydrogen) atoms. The number of nitrogens with zero attached hydrogens (tertiary/aromatic N) is 1. The van der Waals surface area contributed by atoms with Gasteiger partial charge in [0.1, 0.15) is 0 Å². The van der Waals surface area contributed by atoms with Crippen LogP contribution in [0.1, 0.15) is 17.0 Å². The molecule has 0 radical (unpaired) electrons. The molecule has 7 heteroatoms. The monoisotopic (exact) mass is 285 g/mol. The van der Waals surface area contributed by atoms with Crippen molar-refractivity contribution in [1.82, 2.24) is 4.31 Å². The number of methoxy groups -OCH3 is 1. The summed E-state index contributed by atoms with van der Waals surface area (Å²) in [5.41, 5.74) is 1.09. The average molecular weight is 285 g/mol. The maximum absolute atomic E-state index is 12.2. The number of carbonyl (C=O) groups excluding carboxylic acids is 1. The van der Waals surface area contributed by atoms with Crippen LogP contribution in [-0.4, -0.2) is 45.8 Å². The van der Waals surface area contributed by atoms with Gasteiger partial charge in [-0.15, -0.1) is 0 Å². The lowest BCUT2D eigenvalue weighted by Crippen LogP contribution is -2.35. The average Bonchev–Trinajstić information content (AvgIpc) is 2.89. The van der Waals surface area contributed by atoms with Crippen LogP contribution in [0.5, 0.6) is 0 Å². The Morgan fingerprint density at radius 3 is 2.79 bits per heavy atom. The van der Waals surface area contributed by atoms with Crippen LogP contribution in [0.4, 0.5) is 0 Å². The quantitative estimate of drug-likeness (QED) is 0.597. The highest BCUT2D eigenvalue weighted by Crippen LogP contribution is 2.21. The van der Waals surface area contributed by atoms with Gasteiger partial charge in [-0.3, -0.25) is 4.79 Å². The Morgan fingerprint density at radius 1 is 1.47 bits per heavy atom. The standard InChI is InChI=1S/C12H15NO5S/c1-17-9-10-4-6-13(7-5-10)19(15,16)12-3-2-11(8-14)18-12/h2-4,8H,5-7,9H2,1H3. The van der Waals surface area contributed by atoms with Crippen molar-refractivity contribution in [3.05, 3.63) is 29.5 Å². The molecule has 0 saturated carbocycles. The summed E-state index contributed by atoms with van der Waals surface area (Å²) in [5.74, 6) is 0.00574. The molecule has 0 N–H and O–H groups in total. The fourth-order valence-electron chi connectivity index (χ4n) is 1.89. The number of sulfonamides is 1. The second-order valence-corrected chi connectivity index (χ2v) is 6.05. The van der Waals surface area contributed by atoms with E-state index in [0.29, 0.717) is 25.9 Å². The summed E-state index contributed by atoms with van der Waals surface area (Å²) < 4.78 is 35.8. The van der Waals surface area contributed by atoms with Crippen molar-refractivity contribution in [1.29, 1.82) is 0 Å². The van der Waals surface area contributed by atoms with Gasteiger partial charge in [-0.25, -0.2) is 8.42 Å². The minimum Gasteiger partial charge on any atom is -0.440 e. The highest BCUT2D eigenvalue weighted by molar-refractivity contribution is 7.89. The number of ether oxygens (including phenoxy) is 1. The molecular weight excluding hydrogens is 270 g/mol. The number of furan rings is 1. The van der Waals surface area contributed by atoms with Crippen molar-refractivity contribution < 1.29 is 22.4 Å². The largest absolute Gasteiger partial charge is 0.440 e. The lowest BCUT2D eigenvalue weighted by atomic mass is 10.1. The van der Waals surface area contributed by atoms with Crippen LogP contribution in [0.3, 0.4) is 0 Å². The number of hydrogen-bond acceptors (Lipinski definition) is 5. The van der Waals surface area contributed by atoms with Gasteiger partial charge in [0.15, 0.2) is 12.0 Å². The van der Waals surface area contributed by atoms with E-state index in [9.17, 15) is 13.2 Å². The molecule has 0 fully saturated rings. The molecule has 0 unspecified atom stereocenters. The van der Waals surface area contributed by atoms with Crippen LogP contribution in [0.25, 0.3) is 0 Å². The first kappa shape index (κ1) is 14.0. The summed E-state index contributed by atoms with van der Waals surface area (Å²) in [4.78, 5) is 10.5. The van der Waals surface area contributed by atoms with Gasteiger partial charge in [0.25, 0.3) is 10.0 Å². The zero-order valence-corrected chi connectivity index (χ0v) is 11.4. The molecule has 104 valence electrons. The van der Waals surface area contributed by atoms with E-state index in [-0.39, 0.29) is 17.4 Å². The van der Waals surface area contributed by atoms with E-state index in [2.05, 4.69) is 0 Å². The van der Waals surface area contributed by atoms with E-state index < -0.39 is 10.0 Å². The van der Waals surface area contributed by atoms with E-state index in [4.69, 9.17) is 9.15 Å². The second-order valence-electron chi connectivity index (χ2n) is 4.18. The van der Waals surface area contributed by atoms with Gasteiger partial charge in [0.05, 0.1) is 6.61 Å². The van der Waals surface area contributed by atoms with E-state index >= 15 is 0 Å². The molecule has 6 nitrogen and oxygen atoms in total. The number of aldehydes is 1. The van der Waals surface area contributed by atoms with Crippen LogP contribution >= 0.6 is 0 Å². The summed E-state index contributed by atoms with van der Waals surface area (Å²) in [6.45, 7) is 1.19. The van der Waals surface area contributed by atoms with E-state index in [0.717, 1.165) is 5.57 Å². The predicted molar refractivity (Wildman–Crippen MR) is 67.4 cm³/mol. The molecular formula is C12H15NO5S. The first-order chi connectivity index (χ1) is 9.07. The normalized spacial score (nSPS) is 17.2. The minimum atomic E-state index is -3.67. The number of carbonyl (C=O) groups is 1. The Kier molecular flexibility index (Phi) is 4.18. The van der Waals surface area contributed by atoms with Crippen molar-refractivity contribution >= 4 is 16.3 Å². The Labute approximate surface area is 111 Å². The second kappa shape index (κ2) is 5.68. The van der Waals surface area contributed by atoms with Gasteiger partial charge in [-0.05, 0) is 24.1 Å². The fraction of sp³-hybridized carbons (Fsp3) is 0.417. The van der Waals surface area contributed by atoms with E-state index in [1.807, 2.05) is 6.08 Å². The fourth-order valence-corrected chi connectivity index (χ4v) is 3.19. The molecule has 0 amide bonds. The van der Waals surface area contributed by atoms with E-state index in [1.165, 1.54) is 16.4 Å². The zero-order valence-electron chi connectivity index (χ0n) is 10.5. The highest BCUT2D eigenvalue weighted by atomic mass is 32.2. The third kappa shape index (κ3) is 2.94. The Balaban J connectivity index is 2.15. The van der Waals surface area contributed by atoms with Gasteiger partial charge >= 0.3 is 0 Å². The third-order valence-corrected chi connectivity index (χ3v) is 4.65. The molecule has 0 aliphatic carbocycles. The molecule has 1 aromatic rings. The van der Waals surface area contributed by atoms with Gasteiger partial charge in [0.2, 0.25) is 5.09 Å². The first-order valence-corrected chi connectivity index (χ1v) is 7.24. The maximum Gasteiger partial charge on any atom is 0.276 e. The van der Waals surface area contributed by atoms with Crippen molar-refractivity contribution in [2.75, 3.05) is 26.8 Å². The Bertz CT molecular complexity index is 587. The lowest BCUT2D eigenvalue weighted by Gasteiger charge is -2.24. The van der Waals surface area contributed by atoms with Crippen LogP contribution in [0, 0.1) is 0 Å². The topological polar surface area (TPSA) is 76.8 Å². The molecule has 0 aromatic carbocycles. The summed E-state index contributed by atoms with van der Waals surface area (Å²) in [5, 5.41) is -0.196. The molecule has 1 aromatic heterocycles. The smallest absolute Gasteiger partial charge is 0.276 e. The molecule has 0 atom stereocenters. The first-order valence-electron chi connectivity index (χ1n) is 5.80. The molecule has 1 aliphatic rings. The zero-order chi connectivity index (χ0) is 13.9. The van der Waals surface area contributed by atoms with Crippen LogP contribution < -0.4 is 0 Å². The number of rotatable bonds is 5. The van der Waals surface area contributed by atoms with Gasteiger partial charge in [-0.2, -0.15) is 4.31 Å². The minimum absolute atomic E-state index is 0.00574. The Morgan fingerprint density at radius 2 is 2.26 bits per heavy atom. The molecule has 0 saturated heterocycles. The number of hydrogen-bond donors (Lipinski definition) is 0. The van der Waals surface area contributed by atoms with Crippen molar-refractivity contribution in [3.63, 3.8) is 0 Å². The summed E-state index contributed by atoms with van der Waals surface area (Å²) >= 11 is 0. The SMILES string of the molecule is COCC1=CCN(S(=O)(=O)c2ccc(C=O)o2)CC1. The van der Waals surface area contributed by atoms with E-state index in [1.54, 1.807) is 7.11 Å². The van der Waals surface area contributed by atoms with Crippen LogP contribution in [0.15, 0.2) is 33.3 Å².